The second-order valence-electron chi connectivity index (χ2n) is 7.46. The fraction of sp³-hybridized carbons (Fsp3) is 0.591. The highest BCUT2D eigenvalue weighted by molar-refractivity contribution is 5.80. The molecule has 0 aliphatic carbocycles. The summed E-state index contributed by atoms with van der Waals surface area (Å²) in [6, 6.07) is 10.1. The molecule has 0 bridgehead atoms. The van der Waals surface area contributed by atoms with Crippen molar-refractivity contribution in [1.82, 2.24) is 25.0 Å². The van der Waals surface area contributed by atoms with E-state index in [9.17, 15) is 0 Å². The fourth-order valence-corrected chi connectivity index (χ4v) is 3.40. The van der Waals surface area contributed by atoms with E-state index in [0.29, 0.717) is 6.54 Å². The molecule has 164 valence electrons. The Bertz CT molecular complexity index is 784. The molecule has 8 nitrogen and oxygen atoms in total. The van der Waals surface area contributed by atoms with Gasteiger partial charge in [-0.25, -0.2) is 4.99 Å². The summed E-state index contributed by atoms with van der Waals surface area (Å²) in [7, 11) is 1.97. The Morgan fingerprint density at radius 1 is 1.20 bits per heavy atom. The summed E-state index contributed by atoms with van der Waals surface area (Å²) in [5.74, 6) is 3.62. The molecule has 2 aromatic rings. The SMILES string of the molecule is CCOCCCNC(=NCc1nnc(C)n1C)N1CCC(Oc2ccccc2)CC1. The molecule has 0 radical (unpaired) electrons. The van der Waals surface area contributed by atoms with Crippen LogP contribution in [0.5, 0.6) is 5.75 Å². The van der Waals surface area contributed by atoms with Crippen molar-refractivity contribution in [2.45, 2.75) is 45.8 Å². The predicted octanol–water partition coefficient (Wildman–Crippen LogP) is 2.54. The van der Waals surface area contributed by atoms with Crippen LogP contribution in [0.3, 0.4) is 0 Å². The smallest absolute Gasteiger partial charge is 0.194 e. The number of para-hydroxylation sites is 1. The van der Waals surface area contributed by atoms with Crippen LogP contribution in [0.4, 0.5) is 0 Å². The third-order valence-corrected chi connectivity index (χ3v) is 5.29. The van der Waals surface area contributed by atoms with Crippen LogP contribution in [0.15, 0.2) is 35.3 Å². The van der Waals surface area contributed by atoms with E-state index in [-0.39, 0.29) is 6.10 Å². The lowest BCUT2D eigenvalue weighted by Crippen LogP contribution is -2.48. The minimum absolute atomic E-state index is 0.240. The van der Waals surface area contributed by atoms with Crippen LogP contribution in [0, 0.1) is 6.92 Å². The molecule has 3 rings (SSSR count). The van der Waals surface area contributed by atoms with Crippen molar-refractivity contribution in [1.29, 1.82) is 0 Å². The maximum Gasteiger partial charge on any atom is 0.194 e. The molecule has 1 aliphatic rings. The third-order valence-electron chi connectivity index (χ3n) is 5.29. The first-order valence-electron chi connectivity index (χ1n) is 10.8. The van der Waals surface area contributed by atoms with Crippen LogP contribution in [-0.2, 0) is 18.3 Å². The van der Waals surface area contributed by atoms with Crippen molar-refractivity contribution < 1.29 is 9.47 Å². The molecule has 1 aromatic heterocycles. The Morgan fingerprint density at radius 2 is 1.97 bits per heavy atom. The van der Waals surface area contributed by atoms with E-state index in [1.165, 1.54) is 0 Å². The van der Waals surface area contributed by atoms with Crippen molar-refractivity contribution in [2.75, 3.05) is 32.8 Å². The van der Waals surface area contributed by atoms with E-state index in [1.807, 2.05) is 55.8 Å². The molecular weight excluding hydrogens is 380 g/mol. The fourth-order valence-electron chi connectivity index (χ4n) is 3.40. The summed E-state index contributed by atoms with van der Waals surface area (Å²) in [6.07, 6.45) is 3.13. The van der Waals surface area contributed by atoms with E-state index in [2.05, 4.69) is 20.4 Å². The molecule has 1 saturated heterocycles. The number of hydrogen-bond acceptors (Lipinski definition) is 5. The summed E-state index contributed by atoms with van der Waals surface area (Å²) in [4.78, 5) is 7.16. The summed E-state index contributed by atoms with van der Waals surface area (Å²) < 4.78 is 13.6. The number of likely N-dealkylation sites (tertiary alicyclic amines) is 1. The van der Waals surface area contributed by atoms with E-state index >= 15 is 0 Å². The average molecular weight is 415 g/mol. The van der Waals surface area contributed by atoms with Gasteiger partial charge in [0.25, 0.3) is 0 Å². The first-order chi connectivity index (χ1) is 14.7. The number of ether oxygens (including phenoxy) is 2. The Hall–Kier alpha value is -2.61. The number of aliphatic imine (C=N–C) groups is 1. The number of aromatic nitrogens is 3. The quantitative estimate of drug-likeness (QED) is 0.386. The summed E-state index contributed by atoms with van der Waals surface area (Å²) in [6.45, 7) is 8.63. The van der Waals surface area contributed by atoms with Gasteiger partial charge in [-0.15, -0.1) is 10.2 Å². The topological polar surface area (TPSA) is 76.8 Å². The molecule has 1 N–H and O–H groups in total. The Kier molecular flexibility index (Phi) is 8.50. The van der Waals surface area contributed by atoms with Gasteiger partial charge in [0.1, 0.15) is 24.2 Å². The van der Waals surface area contributed by atoms with Gasteiger partial charge in [0.05, 0.1) is 0 Å². The number of guanidine groups is 1. The van der Waals surface area contributed by atoms with Gasteiger partial charge < -0.3 is 24.3 Å². The standard InChI is InChI=1S/C22H34N6O2/c1-4-29-16-8-13-23-22(24-17-21-26-25-18(2)27(21)3)28-14-11-20(12-15-28)30-19-9-6-5-7-10-19/h5-7,9-10,20H,4,8,11-17H2,1-3H3,(H,23,24). The van der Waals surface area contributed by atoms with Crippen LogP contribution in [0.1, 0.15) is 37.8 Å². The van der Waals surface area contributed by atoms with E-state index in [0.717, 1.165) is 75.5 Å². The highest BCUT2D eigenvalue weighted by Gasteiger charge is 2.23. The summed E-state index contributed by atoms with van der Waals surface area (Å²) >= 11 is 0. The Morgan fingerprint density at radius 3 is 2.63 bits per heavy atom. The Balaban J connectivity index is 1.57. The van der Waals surface area contributed by atoms with Crippen molar-refractivity contribution in [3.05, 3.63) is 42.0 Å². The lowest BCUT2D eigenvalue weighted by Gasteiger charge is -2.34. The summed E-state index contributed by atoms with van der Waals surface area (Å²) in [5.41, 5.74) is 0. The van der Waals surface area contributed by atoms with Crippen molar-refractivity contribution in [3.63, 3.8) is 0 Å². The van der Waals surface area contributed by atoms with Gasteiger partial charge in [-0.1, -0.05) is 18.2 Å². The van der Waals surface area contributed by atoms with Gasteiger partial charge in [-0.05, 0) is 32.4 Å². The number of hydrogen-bond donors (Lipinski definition) is 1. The van der Waals surface area contributed by atoms with Crippen LogP contribution in [-0.4, -0.2) is 64.6 Å². The zero-order valence-electron chi connectivity index (χ0n) is 18.4. The van der Waals surface area contributed by atoms with Crippen LogP contribution in [0.2, 0.25) is 0 Å². The van der Waals surface area contributed by atoms with E-state index in [1.54, 1.807) is 0 Å². The highest BCUT2D eigenvalue weighted by atomic mass is 16.5. The molecule has 0 atom stereocenters. The number of nitrogens with one attached hydrogen (secondary N) is 1. The van der Waals surface area contributed by atoms with Gasteiger partial charge in [0.2, 0.25) is 0 Å². The predicted molar refractivity (Wildman–Crippen MR) is 118 cm³/mol. The van der Waals surface area contributed by atoms with Crippen LogP contribution in [0.25, 0.3) is 0 Å². The first-order valence-corrected chi connectivity index (χ1v) is 10.8. The second-order valence-corrected chi connectivity index (χ2v) is 7.46. The highest BCUT2D eigenvalue weighted by Crippen LogP contribution is 2.18. The second kappa shape index (κ2) is 11.5. The minimum Gasteiger partial charge on any atom is -0.490 e. The van der Waals surface area contributed by atoms with Crippen LogP contribution < -0.4 is 10.1 Å². The molecule has 8 heteroatoms. The lowest BCUT2D eigenvalue weighted by atomic mass is 10.1. The summed E-state index contributed by atoms with van der Waals surface area (Å²) in [5, 5.41) is 11.9. The maximum absolute atomic E-state index is 6.13. The molecule has 0 spiro atoms. The zero-order chi connectivity index (χ0) is 21.2. The lowest BCUT2D eigenvalue weighted by molar-refractivity contribution is 0.128. The van der Waals surface area contributed by atoms with Crippen molar-refractivity contribution in [3.8, 4) is 5.75 Å². The normalized spacial score (nSPS) is 15.4. The van der Waals surface area contributed by atoms with E-state index in [4.69, 9.17) is 14.5 Å². The molecule has 1 aliphatic heterocycles. The van der Waals surface area contributed by atoms with E-state index < -0.39 is 0 Å². The minimum atomic E-state index is 0.240. The van der Waals surface area contributed by atoms with Gasteiger partial charge in [0.15, 0.2) is 11.8 Å². The van der Waals surface area contributed by atoms with Crippen molar-refractivity contribution in [2.24, 2.45) is 12.0 Å². The third kappa shape index (κ3) is 6.45. The van der Waals surface area contributed by atoms with Gasteiger partial charge in [-0.3, -0.25) is 0 Å². The molecule has 30 heavy (non-hydrogen) atoms. The molecular formula is C22H34N6O2. The molecule has 2 heterocycles. The average Bonchev–Trinajstić information content (AvgIpc) is 3.09. The Labute approximate surface area is 179 Å². The van der Waals surface area contributed by atoms with Gasteiger partial charge in [0, 0.05) is 52.7 Å². The number of aryl methyl sites for hydroxylation is 1. The van der Waals surface area contributed by atoms with Crippen LogP contribution >= 0.6 is 0 Å². The number of benzene rings is 1. The maximum atomic E-state index is 6.13. The number of rotatable bonds is 9. The van der Waals surface area contributed by atoms with Crippen molar-refractivity contribution >= 4 is 5.96 Å². The molecule has 1 aromatic carbocycles. The monoisotopic (exact) mass is 414 g/mol. The first kappa shape index (κ1) is 22.1. The number of piperidine rings is 1. The molecule has 0 amide bonds. The largest absolute Gasteiger partial charge is 0.490 e. The van der Waals surface area contributed by atoms with Gasteiger partial charge in [-0.2, -0.15) is 0 Å². The molecule has 0 unspecified atom stereocenters. The zero-order valence-corrected chi connectivity index (χ0v) is 18.4. The number of nitrogens with zero attached hydrogens (tertiary/aromatic N) is 5. The van der Waals surface area contributed by atoms with Gasteiger partial charge >= 0.3 is 0 Å². The molecule has 1 fully saturated rings. The molecule has 0 saturated carbocycles.